The molecule has 0 bridgehead atoms. The summed E-state index contributed by atoms with van der Waals surface area (Å²) in [6, 6.07) is 0. The van der Waals surface area contributed by atoms with Crippen molar-refractivity contribution in [1.82, 2.24) is 0 Å². The molecule has 0 radical (unpaired) electrons. The standard InChI is InChI=1S/C13H24O3/c1-6-11(9(2)3)13(15)8-16-7-12(14)10(4)5/h9-11H,6-8H2,1-5H3. The van der Waals surface area contributed by atoms with Crippen LogP contribution in [0, 0.1) is 17.8 Å². The van der Waals surface area contributed by atoms with Crippen molar-refractivity contribution >= 4 is 11.6 Å². The summed E-state index contributed by atoms with van der Waals surface area (Å²) < 4.78 is 5.15. The lowest BCUT2D eigenvalue weighted by Gasteiger charge is -2.17. The topological polar surface area (TPSA) is 43.4 Å². The molecule has 3 heteroatoms. The average Bonchev–Trinajstić information content (AvgIpc) is 2.17. The number of Topliss-reactive ketones (excluding diaryl/α,β-unsaturated/α-hetero) is 2. The summed E-state index contributed by atoms with van der Waals surface area (Å²) in [5, 5.41) is 0. The second-order valence-corrected chi connectivity index (χ2v) is 4.84. The molecule has 0 rings (SSSR count). The van der Waals surface area contributed by atoms with Gasteiger partial charge < -0.3 is 4.74 Å². The molecule has 0 aliphatic heterocycles. The molecule has 0 spiro atoms. The minimum absolute atomic E-state index is 0.0258. The number of rotatable bonds is 8. The van der Waals surface area contributed by atoms with Gasteiger partial charge in [-0.1, -0.05) is 34.6 Å². The molecule has 0 aliphatic rings. The molecule has 0 saturated heterocycles. The van der Waals surface area contributed by atoms with Crippen LogP contribution in [0.25, 0.3) is 0 Å². The third kappa shape index (κ3) is 5.40. The monoisotopic (exact) mass is 228 g/mol. The van der Waals surface area contributed by atoms with Crippen LogP contribution in [0.1, 0.15) is 41.0 Å². The number of hydrogen-bond acceptors (Lipinski definition) is 3. The predicted octanol–water partition coefficient (Wildman–Crippen LogP) is 2.48. The minimum Gasteiger partial charge on any atom is -0.366 e. The van der Waals surface area contributed by atoms with Crippen molar-refractivity contribution in [2.24, 2.45) is 17.8 Å². The smallest absolute Gasteiger partial charge is 0.161 e. The van der Waals surface area contributed by atoms with E-state index in [1.807, 2.05) is 34.6 Å². The van der Waals surface area contributed by atoms with Gasteiger partial charge in [-0.2, -0.15) is 0 Å². The van der Waals surface area contributed by atoms with E-state index in [0.717, 1.165) is 6.42 Å². The number of carbonyl (C=O) groups is 2. The Kier molecular flexibility index (Phi) is 7.22. The minimum atomic E-state index is -0.0258. The van der Waals surface area contributed by atoms with Crippen molar-refractivity contribution in [1.29, 1.82) is 0 Å². The quantitative estimate of drug-likeness (QED) is 0.641. The summed E-state index contributed by atoms with van der Waals surface area (Å²) >= 11 is 0. The van der Waals surface area contributed by atoms with Crippen LogP contribution in [-0.4, -0.2) is 24.8 Å². The molecule has 0 aromatic rings. The first-order valence-corrected chi connectivity index (χ1v) is 6.03. The van der Waals surface area contributed by atoms with Gasteiger partial charge >= 0.3 is 0 Å². The molecular weight excluding hydrogens is 204 g/mol. The SMILES string of the molecule is CCC(C(=O)COCC(=O)C(C)C)C(C)C. The highest BCUT2D eigenvalue weighted by atomic mass is 16.5. The Hall–Kier alpha value is -0.700. The Balaban J connectivity index is 3.93. The number of ether oxygens (including phenoxy) is 1. The largest absolute Gasteiger partial charge is 0.366 e. The van der Waals surface area contributed by atoms with Crippen LogP contribution in [0.15, 0.2) is 0 Å². The second kappa shape index (κ2) is 7.55. The van der Waals surface area contributed by atoms with Crippen molar-refractivity contribution in [3.63, 3.8) is 0 Å². The van der Waals surface area contributed by atoms with Crippen molar-refractivity contribution in [3.8, 4) is 0 Å². The number of hydrogen-bond donors (Lipinski definition) is 0. The van der Waals surface area contributed by atoms with Crippen LogP contribution in [0.3, 0.4) is 0 Å². The van der Waals surface area contributed by atoms with Crippen LogP contribution in [0.5, 0.6) is 0 Å². The fourth-order valence-electron chi connectivity index (χ4n) is 1.60. The summed E-state index contributed by atoms with van der Waals surface area (Å²) in [4.78, 5) is 23.0. The molecule has 94 valence electrons. The van der Waals surface area contributed by atoms with Gasteiger partial charge in [0.05, 0.1) is 0 Å². The third-order valence-electron chi connectivity index (χ3n) is 2.79. The van der Waals surface area contributed by atoms with Crippen molar-refractivity contribution in [2.45, 2.75) is 41.0 Å². The summed E-state index contributed by atoms with van der Waals surface area (Å²) in [7, 11) is 0. The first-order valence-electron chi connectivity index (χ1n) is 6.03. The molecule has 0 N–H and O–H groups in total. The molecule has 0 aromatic heterocycles. The maximum atomic E-state index is 11.7. The zero-order valence-electron chi connectivity index (χ0n) is 11.1. The van der Waals surface area contributed by atoms with E-state index in [1.165, 1.54) is 0 Å². The molecule has 0 heterocycles. The van der Waals surface area contributed by atoms with Crippen LogP contribution < -0.4 is 0 Å². The number of ketones is 2. The van der Waals surface area contributed by atoms with Crippen LogP contribution >= 0.6 is 0 Å². The Morgan fingerprint density at radius 3 is 1.88 bits per heavy atom. The van der Waals surface area contributed by atoms with E-state index in [0.29, 0.717) is 5.92 Å². The highest BCUT2D eigenvalue weighted by Gasteiger charge is 2.20. The van der Waals surface area contributed by atoms with Crippen LogP contribution in [-0.2, 0) is 14.3 Å². The van der Waals surface area contributed by atoms with E-state index in [2.05, 4.69) is 0 Å². The lowest BCUT2D eigenvalue weighted by Crippen LogP contribution is -2.26. The van der Waals surface area contributed by atoms with E-state index in [9.17, 15) is 9.59 Å². The van der Waals surface area contributed by atoms with Gasteiger partial charge in [-0.3, -0.25) is 9.59 Å². The van der Waals surface area contributed by atoms with E-state index in [1.54, 1.807) is 0 Å². The molecule has 1 atom stereocenters. The maximum absolute atomic E-state index is 11.7. The lowest BCUT2D eigenvalue weighted by molar-refractivity contribution is -0.133. The van der Waals surface area contributed by atoms with Gasteiger partial charge in [0.2, 0.25) is 0 Å². The molecule has 0 amide bonds. The molecule has 0 aromatic carbocycles. The zero-order valence-corrected chi connectivity index (χ0v) is 11.1. The molecule has 0 aliphatic carbocycles. The van der Waals surface area contributed by atoms with E-state index < -0.39 is 0 Å². The predicted molar refractivity (Wildman–Crippen MR) is 64.3 cm³/mol. The van der Waals surface area contributed by atoms with E-state index in [-0.39, 0.29) is 36.6 Å². The van der Waals surface area contributed by atoms with Gasteiger partial charge in [0, 0.05) is 11.8 Å². The Morgan fingerprint density at radius 2 is 1.50 bits per heavy atom. The van der Waals surface area contributed by atoms with E-state index >= 15 is 0 Å². The highest BCUT2D eigenvalue weighted by Crippen LogP contribution is 2.15. The van der Waals surface area contributed by atoms with Gasteiger partial charge in [-0.15, -0.1) is 0 Å². The summed E-state index contributed by atoms with van der Waals surface area (Å²) in [5.74, 6) is 0.512. The van der Waals surface area contributed by atoms with Crippen LogP contribution in [0.4, 0.5) is 0 Å². The van der Waals surface area contributed by atoms with Crippen LogP contribution in [0.2, 0.25) is 0 Å². The maximum Gasteiger partial charge on any atom is 0.161 e. The third-order valence-corrected chi connectivity index (χ3v) is 2.79. The normalized spacial score (nSPS) is 13.2. The Bertz CT molecular complexity index is 231. The number of carbonyl (C=O) groups excluding carboxylic acids is 2. The summed E-state index contributed by atoms with van der Waals surface area (Å²) in [6.45, 7) is 9.85. The van der Waals surface area contributed by atoms with Gasteiger partial charge in [0.25, 0.3) is 0 Å². The Labute approximate surface area is 98.6 Å². The van der Waals surface area contributed by atoms with Gasteiger partial charge in [-0.05, 0) is 12.3 Å². The fraction of sp³-hybridized carbons (Fsp3) is 0.846. The molecule has 1 unspecified atom stereocenters. The molecule has 0 saturated carbocycles. The van der Waals surface area contributed by atoms with Crippen molar-refractivity contribution in [3.05, 3.63) is 0 Å². The highest BCUT2D eigenvalue weighted by molar-refractivity contribution is 5.84. The average molecular weight is 228 g/mol. The fourth-order valence-corrected chi connectivity index (χ4v) is 1.60. The van der Waals surface area contributed by atoms with Crippen molar-refractivity contribution < 1.29 is 14.3 Å². The summed E-state index contributed by atoms with van der Waals surface area (Å²) in [5.41, 5.74) is 0. The Morgan fingerprint density at radius 1 is 1.00 bits per heavy atom. The molecule has 0 fully saturated rings. The second-order valence-electron chi connectivity index (χ2n) is 4.84. The van der Waals surface area contributed by atoms with E-state index in [4.69, 9.17) is 4.74 Å². The van der Waals surface area contributed by atoms with Gasteiger partial charge in [0.15, 0.2) is 11.6 Å². The van der Waals surface area contributed by atoms with Gasteiger partial charge in [-0.25, -0.2) is 0 Å². The zero-order chi connectivity index (χ0) is 12.7. The first kappa shape index (κ1) is 15.3. The molecule has 16 heavy (non-hydrogen) atoms. The molecule has 3 nitrogen and oxygen atoms in total. The lowest BCUT2D eigenvalue weighted by atomic mass is 9.89. The van der Waals surface area contributed by atoms with Gasteiger partial charge in [0.1, 0.15) is 13.2 Å². The molecular formula is C13H24O3. The first-order chi connectivity index (χ1) is 7.40. The van der Waals surface area contributed by atoms with Crippen molar-refractivity contribution in [2.75, 3.05) is 13.2 Å². The summed E-state index contributed by atoms with van der Waals surface area (Å²) in [6.07, 6.45) is 0.831.